The highest BCUT2D eigenvalue weighted by atomic mass is 16.1. The molecule has 1 unspecified atom stereocenters. The third kappa shape index (κ3) is 2.85. The summed E-state index contributed by atoms with van der Waals surface area (Å²) < 4.78 is 0. The van der Waals surface area contributed by atoms with E-state index >= 15 is 0 Å². The molecule has 3 heteroatoms. The van der Waals surface area contributed by atoms with Crippen LogP contribution in [-0.2, 0) is 0 Å². The van der Waals surface area contributed by atoms with Crippen LogP contribution in [-0.4, -0.2) is 18.5 Å². The molecular weight excluding hydrogens is 176 g/mol. The second-order valence-electron chi connectivity index (χ2n) is 3.48. The average molecular weight is 192 g/mol. The van der Waals surface area contributed by atoms with Gasteiger partial charge in [-0.1, -0.05) is 17.7 Å². The van der Waals surface area contributed by atoms with E-state index in [4.69, 9.17) is 5.73 Å². The van der Waals surface area contributed by atoms with Gasteiger partial charge in [-0.25, -0.2) is 0 Å². The molecule has 0 bridgehead atoms. The number of hydrogen-bond acceptors (Lipinski definition) is 2. The summed E-state index contributed by atoms with van der Waals surface area (Å²) in [6.07, 6.45) is 0. The summed E-state index contributed by atoms with van der Waals surface area (Å²) in [5, 5.41) is 2.81. The quantitative estimate of drug-likeness (QED) is 0.752. The van der Waals surface area contributed by atoms with Crippen molar-refractivity contribution in [1.29, 1.82) is 0 Å². The molecule has 14 heavy (non-hydrogen) atoms. The molecule has 0 aromatic heterocycles. The van der Waals surface area contributed by atoms with Crippen molar-refractivity contribution in [2.45, 2.75) is 19.9 Å². The first-order valence-electron chi connectivity index (χ1n) is 4.71. The molecule has 0 radical (unpaired) electrons. The van der Waals surface area contributed by atoms with Crippen LogP contribution in [0.1, 0.15) is 22.8 Å². The van der Waals surface area contributed by atoms with Crippen LogP contribution in [0, 0.1) is 6.92 Å². The Morgan fingerprint density at radius 1 is 1.57 bits per heavy atom. The third-order valence-corrected chi connectivity index (χ3v) is 2.01. The normalized spacial score (nSPS) is 12.2. The highest BCUT2D eigenvalue weighted by Gasteiger charge is 2.07. The van der Waals surface area contributed by atoms with Gasteiger partial charge in [-0.15, -0.1) is 0 Å². The van der Waals surface area contributed by atoms with Crippen molar-refractivity contribution in [2.24, 2.45) is 5.73 Å². The van der Waals surface area contributed by atoms with Crippen LogP contribution in [0.2, 0.25) is 0 Å². The Bertz CT molecular complexity index is 323. The number of nitrogens with one attached hydrogen (secondary N) is 1. The molecule has 1 rings (SSSR count). The number of benzene rings is 1. The maximum atomic E-state index is 11.6. The molecular formula is C11H16N2O. The van der Waals surface area contributed by atoms with Gasteiger partial charge < -0.3 is 11.1 Å². The van der Waals surface area contributed by atoms with E-state index in [2.05, 4.69) is 5.32 Å². The Labute approximate surface area is 84.3 Å². The molecule has 1 atom stereocenters. The summed E-state index contributed by atoms with van der Waals surface area (Å²) in [5.41, 5.74) is 7.18. The third-order valence-electron chi connectivity index (χ3n) is 2.01. The lowest BCUT2D eigenvalue weighted by molar-refractivity contribution is 0.0941. The van der Waals surface area contributed by atoms with E-state index in [-0.39, 0.29) is 11.9 Å². The maximum absolute atomic E-state index is 11.6. The molecule has 3 N–H and O–H groups in total. The van der Waals surface area contributed by atoms with E-state index in [1.165, 1.54) is 0 Å². The minimum atomic E-state index is -0.0633. The zero-order valence-corrected chi connectivity index (χ0v) is 8.58. The SMILES string of the molecule is Cc1cccc(C(=O)NC(C)CN)c1. The van der Waals surface area contributed by atoms with Crippen molar-refractivity contribution in [3.63, 3.8) is 0 Å². The Kier molecular flexibility index (Phi) is 3.65. The molecule has 76 valence electrons. The van der Waals surface area contributed by atoms with Crippen molar-refractivity contribution >= 4 is 5.91 Å². The molecule has 0 fully saturated rings. The Balaban J connectivity index is 2.70. The second-order valence-corrected chi connectivity index (χ2v) is 3.48. The zero-order chi connectivity index (χ0) is 10.6. The van der Waals surface area contributed by atoms with Gasteiger partial charge in [0.15, 0.2) is 0 Å². The van der Waals surface area contributed by atoms with Crippen molar-refractivity contribution in [3.05, 3.63) is 35.4 Å². The number of hydrogen-bond donors (Lipinski definition) is 2. The van der Waals surface area contributed by atoms with Gasteiger partial charge in [0.05, 0.1) is 0 Å². The van der Waals surface area contributed by atoms with Gasteiger partial charge in [0, 0.05) is 18.2 Å². The molecule has 0 aliphatic carbocycles. The van der Waals surface area contributed by atoms with E-state index < -0.39 is 0 Å². The largest absolute Gasteiger partial charge is 0.348 e. The fourth-order valence-corrected chi connectivity index (χ4v) is 1.15. The minimum absolute atomic E-state index is 0.0167. The van der Waals surface area contributed by atoms with Crippen molar-refractivity contribution in [1.82, 2.24) is 5.32 Å². The molecule has 1 aromatic rings. The summed E-state index contributed by atoms with van der Waals surface area (Å²) in [6, 6.07) is 7.51. The van der Waals surface area contributed by atoms with E-state index in [9.17, 15) is 4.79 Å². The topological polar surface area (TPSA) is 55.1 Å². The number of carbonyl (C=O) groups excluding carboxylic acids is 1. The number of nitrogens with two attached hydrogens (primary N) is 1. The Morgan fingerprint density at radius 2 is 2.29 bits per heavy atom. The number of rotatable bonds is 3. The van der Waals surface area contributed by atoms with Crippen LogP contribution in [0.3, 0.4) is 0 Å². The summed E-state index contributed by atoms with van der Waals surface area (Å²) in [6.45, 7) is 4.30. The van der Waals surface area contributed by atoms with Crippen LogP contribution in [0.15, 0.2) is 24.3 Å². The maximum Gasteiger partial charge on any atom is 0.251 e. The van der Waals surface area contributed by atoms with Gasteiger partial charge in [0.1, 0.15) is 0 Å². The van der Waals surface area contributed by atoms with E-state index in [1.807, 2.05) is 32.0 Å². The number of carbonyl (C=O) groups is 1. The molecule has 0 spiro atoms. The highest BCUT2D eigenvalue weighted by molar-refractivity contribution is 5.94. The lowest BCUT2D eigenvalue weighted by atomic mass is 10.1. The van der Waals surface area contributed by atoms with Crippen LogP contribution in [0.4, 0.5) is 0 Å². The summed E-state index contributed by atoms with van der Waals surface area (Å²) in [7, 11) is 0. The predicted octanol–water partition coefficient (Wildman–Crippen LogP) is 1.07. The standard InChI is InChI=1S/C11H16N2O/c1-8-4-3-5-10(6-8)11(14)13-9(2)7-12/h3-6,9H,7,12H2,1-2H3,(H,13,14). The number of amides is 1. The molecule has 0 saturated heterocycles. The zero-order valence-electron chi connectivity index (χ0n) is 8.58. The van der Waals surface area contributed by atoms with Gasteiger partial charge in [-0.2, -0.15) is 0 Å². The highest BCUT2D eigenvalue weighted by Crippen LogP contribution is 2.03. The van der Waals surface area contributed by atoms with E-state index in [0.29, 0.717) is 12.1 Å². The summed E-state index contributed by atoms with van der Waals surface area (Å²) in [5.74, 6) is -0.0633. The van der Waals surface area contributed by atoms with Gasteiger partial charge in [-0.05, 0) is 26.0 Å². The van der Waals surface area contributed by atoms with Crippen molar-refractivity contribution in [2.75, 3.05) is 6.54 Å². The van der Waals surface area contributed by atoms with Gasteiger partial charge in [0.2, 0.25) is 0 Å². The lowest BCUT2D eigenvalue weighted by Gasteiger charge is -2.11. The van der Waals surface area contributed by atoms with Crippen LogP contribution >= 0.6 is 0 Å². The second kappa shape index (κ2) is 4.77. The first-order valence-corrected chi connectivity index (χ1v) is 4.71. The molecule has 1 aromatic carbocycles. The van der Waals surface area contributed by atoms with Crippen LogP contribution in [0.25, 0.3) is 0 Å². The molecule has 0 heterocycles. The molecule has 1 amide bonds. The monoisotopic (exact) mass is 192 g/mol. The Hall–Kier alpha value is -1.35. The molecule has 0 aliphatic rings. The average Bonchev–Trinajstić information content (AvgIpc) is 2.17. The number of aryl methyl sites for hydroxylation is 1. The summed E-state index contributed by atoms with van der Waals surface area (Å²) >= 11 is 0. The van der Waals surface area contributed by atoms with Crippen LogP contribution < -0.4 is 11.1 Å². The fraction of sp³-hybridized carbons (Fsp3) is 0.364. The Morgan fingerprint density at radius 3 is 2.86 bits per heavy atom. The summed E-state index contributed by atoms with van der Waals surface area (Å²) in [4.78, 5) is 11.6. The van der Waals surface area contributed by atoms with Crippen molar-refractivity contribution in [3.8, 4) is 0 Å². The first kappa shape index (κ1) is 10.7. The van der Waals surface area contributed by atoms with Gasteiger partial charge >= 0.3 is 0 Å². The predicted molar refractivity (Wildman–Crippen MR) is 57.2 cm³/mol. The van der Waals surface area contributed by atoms with Crippen molar-refractivity contribution < 1.29 is 4.79 Å². The van der Waals surface area contributed by atoms with E-state index in [1.54, 1.807) is 6.07 Å². The lowest BCUT2D eigenvalue weighted by Crippen LogP contribution is -2.37. The minimum Gasteiger partial charge on any atom is -0.348 e. The van der Waals surface area contributed by atoms with Crippen LogP contribution in [0.5, 0.6) is 0 Å². The van der Waals surface area contributed by atoms with Gasteiger partial charge in [-0.3, -0.25) is 4.79 Å². The van der Waals surface area contributed by atoms with E-state index in [0.717, 1.165) is 5.56 Å². The molecule has 0 aliphatic heterocycles. The fourth-order valence-electron chi connectivity index (χ4n) is 1.15. The van der Waals surface area contributed by atoms with Gasteiger partial charge in [0.25, 0.3) is 5.91 Å². The smallest absolute Gasteiger partial charge is 0.251 e. The molecule has 0 saturated carbocycles. The first-order chi connectivity index (χ1) is 6.63. The molecule has 3 nitrogen and oxygen atoms in total.